The Labute approximate surface area is 160 Å². The van der Waals surface area contributed by atoms with Crippen molar-refractivity contribution in [1.29, 1.82) is 0 Å². The molecule has 1 amide bonds. The number of thioether (sulfide) groups is 1. The van der Waals surface area contributed by atoms with Crippen LogP contribution in [0.4, 0.5) is 10.8 Å². The Morgan fingerprint density at radius 1 is 1.23 bits per heavy atom. The summed E-state index contributed by atoms with van der Waals surface area (Å²) in [6, 6.07) is 13.5. The van der Waals surface area contributed by atoms with Crippen LogP contribution in [0.5, 0.6) is 0 Å². The molecular weight excluding hydrogens is 366 g/mol. The van der Waals surface area contributed by atoms with Crippen molar-refractivity contribution in [3.05, 3.63) is 48.0 Å². The fourth-order valence-electron chi connectivity index (χ4n) is 2.91. The smallest absolute Gasteiger partial charge is 0.256 e. The predicted molar refractivity (Wildman–Crippen MR) is 109 cm³/mol. The average Bonchev–Trinajstić information content (AvgIpc) is 3.12. The monoisotopic (exact) mass is 385 g/mol. The van der Waals surface area contributed by atoms with Crippen LogP contribution in [-0.2, 0) is 4.74 Å². The van der Waals surface area contributed by atoms with Crippen molar-refractivity contribution in [3.63, 3.8) is 0 Å². The van der Waals surface area contributed by atoms with Gasteiger partial charge in [0.2, 0.25) is 0 Å². The normalized spacial score (nSPS) is 14.6. The molecule has 1 fully saturated rings. The van der Waals surface area contributed by atoms with E-state index >= 15 is 0 Å². The zero-order chi connectivity index (χ0) is 17.9. The molecule has 1 N–H and O–H groups in total. The molecule has 1 aliphatic rings. The first-order valence-electron chi connectivity index (χ1n) is 8.42. The molecule has 0 bridgehead atoms. The summed E-state index contributed by atoms with van der Waals surface area (Å²) in [5, 5.41) is 4.02. The van der Waals surface area contributed by atoms with Crippen molar-refractivity contribution < 1.29 is 9.53 Å². The highest BCUT2D eigenvalue weighted by Gasteiger charge is 2.16. The fourth-order valence-corrected chi connectivity index (χ4v) is 4.56. The van der Waals surface area contributed by atoms with Gasteiger partial charge < -0.3 is 15.0 Å². The number of carbonyl (C=O) groups excluding carboxylic acids is 1. The number of nitrogens with zero attached hydrogens (tertiary/aromatic N) is 2. The summed E-state index contributed by atoms with van der Waals surface area (Å²) in [7, 11) is 0. The van der Waals surface area contributed by atoms with E-state index in [-0.39, 0.29) is 5.91 Å². The number of benzene rings is 2. The molecule has 26 heavy (non-hydrogen) atoms. The molecular formula is C19H19N3O2S2. The maximum absolute atomic E-state index is 12.6. The van der Waals surface area contributed by atoms with Crippen molar-refractivity contribution in [1.82, 2.24) is 4.98 Å². The minimum Gasteiger partial charge on any atom is -0.378 e. The lowest BCUT2D eigenvalue weighted by molar-refractivity contribution is 0.102. The molecule has 3 aromatic rings. The van der Waals surface area contributed by atoms with Gasteiger partial charge in [0.15, 0.2) is 5.13 Å². The van der Waals surface area contributed by atoms with E-state index in [1.165, 1.54) is 0 Å². The number of nitrogens with one attached hydrogen (secondary N) is 1. The van der Waals surface area contributed by atoms with Crippen LogP contribution in [0.1, 0.15) is 10.4 Å². The zero-order valence-corrected chi connectivity index (χ0v) is 16.0. The first kappa shape index (κ1) is 17.3. The lowest BCUT2D eigenvalue weighted by Crippen LogP contribution is -2.36. The number of carbonyl (C=O) groups is 1. The second-order valence-electron chi connectivity index (χ2n) is 5.93. The molecule has 134 valence electrons. The summed E-state index contributed by atoms with van der Waals surface area (Å²) in [6.07, 6.45) is 1.97. The van der Waals surface area contributed by atoms with Crippen molar-refractivity contribution >= 4 is 50.0 Å². The number of thiazole rings is 1. The molecule has 0 radical (unpaired) electrons. The molecule has 4 rings (SSSR count). The molecule has 0 spiro atoms. The average molecular weight is 386 g/mol. The fraction of sp³-hybridized carbons (Fsp3) is 0.263. The van der Waals surface area contributed by atoms with Crippen LogP contribution in [0.25, 0.3) is 10.2 Å². The molecule has 0 saturated carbocycles. The van der Waals surface area contributed by atoms with Gasteiger partial charge in [-0.2, -0.15) is 0 Å². The molecule has 1 aromatic heterocycles. The Kier molecular flexibility index (Phi) is 5.10. The lowest BCUT2D eigenvalue weighted by Gasteiger charge is -2.25. The standard InChI is InChI=1S/C19H19N3O2S2/c1-25-16-5-3-2-4-14(16)18(23)20-13-6-7-15-17(12-13)26-19(21-15)22-8-10-24-11-9-22/h2-7,12H,8-11H2,1H3,(H,20,23). The molecule has 7 heteroatoms. The second-order valence-corrected chi connectivity index (χ2v) is 7.79. The highest BCUT2D eigenvalue weighted by molar-refractivity contribution is 7.98. The first-order valence-corrected chi connectivity index (χ1v) is 10.5. The van der Waals surface area contributed by atoms with Gasteiger partial charge in [-0.1, -0.05) is 23.5 Å². The molecule has 1 aliphatic heterocycles. The maximum Gasteiger partial charge on any atom is 0.256 e. The van der Waals surface area contributed by atoms with Crippen LogP contribution in [-0.4, -0.2) is 43.5 Å². The number of aromatic nitrogens is 1. The zero-order valence-electron chi connectivity index (χ0n) is 14.4. The molecule has 2 aromatic carbocycles. The lowest BCUT2D eigenvalue weighted by atomic mass is 10.2. The van der Waals surface area contributed by atoms with Crippen molar-refractivity contribution in [2.45, 2.75) is 4.90 Å². The van der Waals surface area contributed by atoms with E-state index in [1.807, 2.05) is 48.7 Å². The van der Waals surface area contributed by atoms with Gasteiger partial charge in [0.25, 0.3) is 5.91 Å². The molecule has 0 unspecified atom stereocenters. The Hall–Kier alpha value is -2.09. The number of anilines is 2. The van der Waals surface area contributed by atoms with E-state index in [4.69, 9.17) is 9.72 Å². The number of amides is 1. The third-order valence-electron chi connectivity index (χ3n) is 4.27. The summed E-state index contributed by atoms with van der Waals surface area (Å²) in [5.74, 6) is -0.0905. The predicted octanol–water partition coefficient (Wildman–Crippen LogP) is 4.11. The van der Waals surface area contributed by atoms with E-state index in [1.54, 1.807) is 23.1 Å². The minimum absolute atomic E-state index is 0.0905. The largest absolute Gasteiger partial charge is 0.378 e. The Bertz CT molecular complexity index is 935. The van der Waals surface area contributed by atoms with Gasteiger partial charge in [-0.15, -0.1) is 11.8 Å². The van der Waals surface area contributed by atoms with Gasteiger partial charge in [0, 0.05) is 23.7 Å². The summed E-state index contributed by atoms with van der Waals surface area (Å²) in [6.45, 7) is 3.22. The summed E-state index contributed by atoms with van der Waals surface area (Å²) in [4.78, 5) is 20.6. The molecule has 5 nitrogen and oxygen atoms in total. The van der Waals surface area contributed by atoms with Crippen LogP contribution in [0, 0.1) is 0 Å². The number of hydrogen-bond donors (Lipinski definition) is 1. The third kappa shape index (κ3) is 3.56. The van der Waals surface area contributed by atoms with Gasteiger partial charge in [-0.05, 0) is 36.6 Å². The van der Waals surface area contributed by atoms with Crippen LogP contribution in [0.2, 0.25) is 0 Å². The van der Waals surface area contributed by atoms with Gasteiger partial charge >= 0.3 is 0 Å². The van der Waals surface area contributed by atoms with E-state index in [0.29, 0.717) is 5.56 Å². The summed E-state index contributed by atoms with van der Waals surface area (Å²) < 4.78 is 6.48. The quantitative estimate of drug-likeness (QED) is 0.685. The third-order valence-corrected chi connectivity index (χ3v) is 6.14. The van der Waals surface area contributed by atoms with Gasteiger partial charge in [-0.25, -0.2) is 4.98 Å². The number of rotatable bonds is 4. The molecule has 0 atom stereocenters. The van der Waals surface area contributed by atoms with Crippen LogP contribution >= 0.6 is 23.1 Å². The highest BCUT2D eigenvalue weighted by Crippen LogP contribution is 2.31. The number of fused-ring (bicyclic) bond motifs is 1. The number of morpholine rings is 1. The van der Waals surface area contributed by atoms with Crippen molar-refractivity contribution in [2.24, 2.45) is 0 Å². The van der Waals surface area contributed by atoms with E-state index in [0.717, 1.165) is 52.2 Å². The van der Waals surface area contributed by atoms with E-state index < -0.39 is 0 Å². The van der Waals surface area contributed by atoms with Crippen LogP contribution < -0.4 is 10.2 Å². The van der Waals surface area contributed by atoms with Crippen molar-refractivity contribution in [3.8, 4) is 0 Å². The van der Waals surface area contributed by atoms with Gasteiger partial charge in [0.05, 0.1) is 29.0 Å². The second kappa shape index (κ2) is 7.65. The SMILES string of the molecule is CSc1ccccc1C(=O)Nc1ccc2nc(N3CCOCC3)sc2c1. The van der Waals surface area contributed by atoms with Crippen LogP contribution in [0.3, 0.4) is 0 Å². The van der Waals surface area contributed by atoms with Crippen molar-refractivity contribution in [2.75, 3.05) is 42.8 Å². The molecule has 2 heterocycles. The first-order chi connectivity index (χ1) is 12.7. The summed E-state index contributed by atoms with van der Waals surface area (Å²) in [5.41, 5.74) is 2.44. The Morgan fingerprint density at radius 2 is 2.04 bits per heavy atom. The number of ether oxygens (including phenoxy) is 1. The van der Waals surface area contributed by atoms with E-state index in [9.17, 15) is 4.79 Å². The van der Waals surface area contributed by atoms with Gasteiger partial charge in [-0.3, -0.25) is 4.79 Å². The topological polar surface area (TPSA) is 54.5 Å². The number of hydrogen-bond acceptors (Lipinski definition) is 6. The summed E-state index contributed by atoms with van der Waals surface area (Å²) >= 11 is 3.22. The maximum atomic E-state index is 12.6. The van der Waals surface area contributed by atoms with Crippen LogP contribution in [0.15, 0.2) is 47.4 Å². The Morgan fingerprint density at radius 3 is 2.85 bits per heavy atom. The molecule has 0 aliphatic carbocycles. The highest BCUT2D eigenvalue weighted by atomic mass is 32.2. The van der Waals surface area contributed by atoms with E-state index in [2.05, 4.69) is 10.2 Å². The minimum atomic E-state index is -0.0905. The Balaban J connectivity index is 1.56. The van der Waals surface area contributed by atoms with Gasteiger partial charge in [0.1, 0.15) is 0 Å². The molecule has 1 saturated heterocycles.